The number of carbonyl (C=O) groups excluding carboxylic acids is 1. The first-order valence-corrected chi connectivity index (χ1v) is 7.60. The van der Waals surface area contributed by atoms with Gasteiger partial charge in [-0.15, -0.1) is 0 Å². The molecule has 4 nitrogen and oxygen atoms in total. The summed E-state index contributed by atoms with van der Waals surface area (Å²) in [6.45, 7) is 7.28. The third-order valence-electron chi connectivity index (χ3n) is 4.36. The van der Waals surface area contributed by atoms with E-state index in [4.69, 9.17) is 10.5 Å². The Labute approximate surface area is 116 Å². The maximum absolute atomic E-state index is 12.0. The highest BCUT2D eigenvalue weighted by Gasteiger charge is 2.36. The normalized spacial score (nSPS) is 26.7. The smallest absolute Gasteiger partial charge is 0.410 e. The van der Waals surface area contributed by atoms with Crippen LogP contribution in [0.5, 0.6) is 0 Å². The lowest BCUT2D eigenvalue weighted by Gasteiger charge is -2.27. The number of rotatable bonds is 2. The van der Waals surface area contributed by atoms with Crippen LogP contribution in [0.3, 0.4) is 0 Å². The molecule has 110 valence electrons. The number of ether oxygens (including phenoxy) is 1. The lowest BCUT2D eigenvalue weighted by atomic mass is 9.87. The molecule has 0 aromatic rings. The van der Waals surface area contributed by atoms with Crippen molar-refractivity contribution >= 4 is 6.09 Å². The molecule has 0 spiro atoms. The van der Waals surface area contributed by atoms with Gasteiger partial charge in [0.25, 0.3) is 0 Å². The third-order valence-corrected chi connectivity index (χ3v) is 4.36. The van der Waals surface area contributed by atoms with Gasteiger partial charge in [0.1, 0.15) is 5.60 Å². The Morgan fingerprint density at radius 3 is 2.42 bits per heavy atom. The van der Waals surface area contributed by atoms with Crippen molar-refractivity contribution in [1.82, 2.24) is 4.90 Å². The number of hydrogen-bond acceptors (Lipinski definition) is 3. The number of likely N-dealkylation sites (tertiary alicyclic amines) is 1. The zero-order chi connectivity index (χ0) is 14.0. The second kappa shape index (κ2) is 5.70. The first-order chi connectivity index (χ1) is 8.87. The first kappa shape index (κ1) is 14.6. The number of hydrogen-bond donors (Lipinski definition) is 1. The van der Waals surface area contributed by atoms with Gasteiger partial charge in [-0.05, 0) is 51.9 Å². The Balaban J connectivity index is 1.83. The predicted molar refractivity (Wildman–Crippen MR) is 75.8 cm³/mol. The molecule has 1 aliphatic carbocycles. The van der Waals surface area contributed by atoms with E-state index in [1.54, 1.807) is 0 Å². The van der Waals surface area contributed by atoms with E-state index in [0.717, 1.165) is 19.5 Å². The maximum atomic E-state index is 12.0. The van der Waals surface area contributed by atoms with Crippen LogP contribution in [0.1, 0.15) is 52.9 Å². The van der Waals surface area contributed by atoms with Crippen LogP contribution in [0.15, 0.2) is 0 Å². The molecule has 2 rings (SSSR count). The monoisotopic (exact) mass is 268 g/mol. The van der Waals surface area contributed by atoms with E-state index in [1.807, 2.05) is 25.7 Å². The third kappa shape index (κ3) is 3.85. The molecule has 1 amide bonds. The van der Waals surface area contributed by atoms with Gasteiger partial charge in [0.2, 0.25) is 0 Å². The minimum atomic E-state index is -0.414. The van der Waals surface area contributed by atoms with Gasteiger partial charge in [0, 0.05) is 19.1 Å². The Morgan fingerprint density at radius 2 is 1.84 bits per heavy atom. The van der Waals surface area contributed by atoms with E-state index in [2.05, 4.69) is 0 Å². The van der Waals surface area contributed by atoms with Gasteiger partial charge in [-0.1, -0.05) is 12.8 Å². The van der Waals surface area contributed by atoms with Gasteiger partial charge in [0.05, 0.1) is 0 Å². The second-order valence-electron chi connectivity index (χ2n) is 7.10. The van der Waals surface area contributed by atoms with Crippen molar-refractivity contribution in [3.05, 3.63) is 0 Å². The fraction of sp³-hybridized carbons (Fsp3) is 0.933. The van der Waals surface area contributed by atoms with Crippen LogP contribution in [0.25, 0.3) is 0 Å². The molecule has 4 heteroatoms. The maximum Gasteiger partial charge on any atom is 0.410 e. The van der Waals surface area contributed by atoms with Gasteiger partial charge in [0.15, 0.2) is 0 Å². The fourth-order valence-electron chi connectivity index (χ4n) is 3.32. The molecule has 1 aliphatic heterocycles. The van der Waals surface area contributed by atoms with Gasteiger partial charge < -0.3 is 15.4 Å². The molecule has 2 N–H and O–H groups in total. The van der Waals surface area contributed by atoms with Crippen LogP contribution in [0.4, 0.5) is 4.79 Å². The minimum Gasteiger partial charge on any atom is -0.444 e. The van der Waals surface area contributed by atoms with Crippen LogP contribution in [0.2, 0.25) is 0 Å². The highest BCUT2D eigenvalue weighted by atomic mass is 16.6. The Morgan fingerprint density at radius 1 is 1.21 bits per heavy atom. The zero-order valence-electron chi connectivity index (χ0n) is 12.5. The van der Waals surface area contributed by atoms with Crippen LogP contribution < -0.4 is 5.73 Å². The van der Waals surface area contributed by atoms with Gasteiger partial charge >= 0.3 is 6.09 Å². The standard InChI is InChI=1S/C15H28N2O2/c1-15(2,3)19-14(18)17-9-8-12(10-17)13(16)11-6-4-5-7-11/h11-13H,4-10,16H2,1-3H3. The van der Waals surface area contributed by atoms with Crippen LogP contribution in [0, 0.1) is 11.8 Å². The quantitative estimate of drug-likeness (QED) is 0.838. The summed E-state index contributed by atoms with van der Waals surface area (Å²) in [6, 6.07) is 0.259. The summed E-state index contributed by atoms with van der Waals surface area (Å²) in [4.78, 5) is 13.8. The summed E-state index contributed by atoms with van der Waals surface area (Å²) in [5, 5.41) is 0. The average Bonchev–Trinajstić information content (AvgIpc) is 2.98. The second-order valence-corrected chi connectivity index (χ2v) is 7.10. The summed E-state index contributed by atoms with van der Waals surface area (Å²) < 4.78 is 5.42. The molecule has 1 saturated carbocycles. The molecule has 2 fully saturated rings. The van der Waals surface area contributed by atoms with Crippen LogP contribution >= 0.6 is 0 Å². The van der Waals surface area contributed by atoms with Crippen molar-refractivity contribution in [3.63, 3.8) is 0 Å². The summed E-state index contributed by atoms with van der Waals surface area (Å²) in [6.07, 6.45) is 6.01. The first-order valence-electron chi connectivity index (χ1n) is 7.60. The number of nitrogens with zero attached hydrogens (tertiary/aromatic N) is 1. The lowest BCUT2D eigenvalue weighted by molar-refractivity contribution is 0.0285. The van der Waals surface area contributed by atoms with E-state index >= 15 is 0 Å². The van der Waals surface area contributed by atoms with Crippen molar-refractivity contribution in [1.29, 1.82) is 0 Å². The minimum absolute atomic E-state index is 0.186. The zero-order valence-corrected chi connectivity index (χ0v) is 12.5. The molecule has 0 radical (unpaired) electrons. The Bertz CT molecular complexity index is 319. The average molecular weight is 268 g/mol. The van der Waals surface area contributed by atoms with Crippen LogP contribution in [-0.4, -0.2) is 35.7 Å². The van der Waals surface area contributed by atoms with Crippen molar-refractivity contribution in [2.45, 2.75) is 64.5 Å². The van der Waals surface area contributed by atoms with E-state index in [9.17, 15) is 4.79 Å². The van der Waals surface area contributed by atoms with Crippen molar-refractivity contribution in [2.75, 3.05) is 13.1 Å². The van der Waals surface area contributed by atoms with Gasteiger partial charge in [-0.3, -0.25) is 0 Å². The summed E-state index contributed by atoms with van der Waals surface area (Å²) >= 11 is 0. The van der Waals surface area contributed by atoms with Crippen molar-refractivity contribution < 1.29 is 9.53 Å². The highest BCUT2D eigenvalue weighted by Crippen LogP contribution is 2.33. The summed E-state index contributed by atoms with van der Waals surface area (Å²) in [5.74, 6) is 1.12. The molecular formula is C15H28N2O2. The van der Waals surface area contributed by atoms with Gasteiger partial charge in [-0.2, -0.15) is 0 Å². The molecule has 2 atom stereocenters. The Hall–Kier alpha value is -0.770. The molecule has 0 aromatic heterocycles. The van der Waals surface area contributed by atoms with Crippen molar-refractivity contribution in [2.24, 2.45) is 17.6 Å². The van der Waals surface area contributed by atoms with Crippen molar-refractivity contribution in [3.8, 4) is 0 Å². The Kier molecular flexibility index (Phi) is 4.39. The van der Waals surface area contributed by atoms with Crippen LogP contribution in [-0.2, 0) is 4.74 Å². The number of carbonyl (C=O) groups is 1. The van der Waals surface area contributed by atoms with E-state index < -0.39 is 5.60 Å². The molecule has 0 aromatic carbocycles. The molecule has 19 heavy (non-hydrogen) atoms. The summed E-state index contributed by atoms with van der Waals surface area (Å²) in [5.41, 5.74) is 5.98. The molecule has 0 bridgehead atoms. The molecule has 2 aliphatic rings. The van der Waals surface area contributed by atoms with E-state index in [-0.39, 0.29) is 12.1 Å². The molecule has 1 heterocycles. The SMILES string of the molecule is CC(C)(C)OC(=O)N1CCC(C(N)C2CCCC2)C1. The van der Waals surface area contributed by atoms with Gasteiger partial charge in [-0.25, -0.2) is 4.79 Å². The predicted octanol–water partition coefficient (Wildman–Crippen LogP) is 2.76. The molecule has 2 unspecified atom stereocenters. The number of amides is 1. The highest BCUT2D eigenvalue weighted by molar-refractivity contribution is 5.68. The lowest BCUT2D eigenvalue weighted by Crippen LogP contribution is -2.40. The topological polar surface area (TPSA) is 55.6 Å². The van der Waals surface area contributed by atoms with E-state index in [0.29, 0.717) is 11.8 Å². The fourth-order valence-corrected chi connectivity index (χ4v) is 3.32. The molecule has 1 saturated heterocycles. The number of nitrogens with two attached hydrogens (primary N) is 1. The molecular weight excluding hydrogens is 240 g/mol. The summed E-state index contributed by atoms with van der Waals surface area (Å²) in [7, 11) is 0. The van der Waals surface area contributed by atoms with E-state index in [1.165, 1.54) is 25.7 Å². The largest absolute Gasteiger partial charge is 0.444 e.